The summed E-state index contributed by atoms with van der Waals surface area (Å²) in [6.07, 6.45) is 4.30. The number of rotatable bonds is 6. The molecule has 2 N–H and O–H groups in total. The second kappa shape index (κ2) is 6.70. The number of carbonyl (C=O) groups is 2. The number of carboxylic acids is 1. The van der Waals surface area contributed by atoms with Gasteiger partial charge in [0.25, 0.3) is 5.91 Å². The minimum Gasteiger partial charge on any atom is -0.478 e. The zero-order valence-electron chi connectivity index (χ0n) is 14.3. The van der Waals surface area contributed by atoms with Gasteiger partial charge in [-0.2, -0.15) is 4.98 Å². The minimum atomic E-state index is -1.11. The molecule has 0 aliphatic heterocycles. The predicted molar refractivity (Wildman–Crippen MR) is 86.3 cm³/mol. The van der Waals surface area contributed by atoms with Crippen molar-refractivity contribution in [3.8, 4) is 0 Å². The van der Waals surface area contributed by atoms with Crippen molar-refractivity contribution in [2.24, 2.45) is 0 Å². The van der Waals surface area contributed by atoms with Crippen LogP contribution in [0.5, 0.6) is 0 Å². The molecule has 0 bridgehead atoms. The fourth-order valence-corrected chi connectivity index (χ4v) is 3.24. The Labute approximate surface area is 144 Å². The third-order valence-electron chi connectivity index (χ3n) is 4.59. The van der Waals surface area contributed by atoms with Crippen molar-refractivity contribution in [2.45, 2.75) is 57.9 Å². The monoisotopic (exact) mass is 347 g/mol. The fourth-order valence-electron chi connectivity index (χ4n) is 3.24. The van der Waals surface area contributed by atoms with Crippen molar-refractivity contribution in [2.75, 3.05) is 0 Å². The average Bonchev–Trinajstić information content (AvgIpc) is 3.33. The van der Waals surface area contributed by atoms with Crippen molar-refractivity contribution in [1.82, 2.24) is 15.5 Å². The first kappa shape index (κ1) is 17.2. The number of nitrogens with one attached hydrogen (secondary N) is 1. The van der Waals surface area contributed by atoms with Crippen molar-refractivity contribution in [3.05, 3.63) is 34.9 Å². The zero-order chi connectivity index (χ0) is 18.0. The maximum Gasteiger partial charge on any atom is 0.339 e. The van der Waals surface area contributed by atoms with E-state index in [2.05, 4.69) is 15.5 Å². The third kappa shape index (κ3) is 3.16. The van der Waals surface area contributed by atoms with Crippen LogP contribution < -0.4 is 5.32 Å². The van der Waals surface area contributed by atoms with Crippen LogP contribution in [0.2, 0.25) is 0 Å². The number of nitrogens with zero attached hydrogens (tertiary/aromatic N) is 2. The summed E-state index contributed by atoms with van der Waals surface area (Å²) in [5, 5.41) is 16.2. The van der Waals surface area contributed by atoms with E-state index in [-0.39, 0.29) is 17.1 Å². The number of hydrogen-bond donors (Lipinski definition) is 2. The standard InChI is InChI=1S/C17H21N3O5/c1-3-11-10(15(22)23)9-12(24-11)14(21)19-17(7-5-6-8-17)16-18-13(4-2)25-20-16/h9H,3-8H2,1-2H3,(H,19,21)(H,22,23). The lowest BCUT2D eigenvalue weighted by Crippen LogP contribution is -2.44. The summed E-state index contributed by atoms with van der Waals surface area (Å²) in [5.74, 6) is -0.315. The molecular formula is C17H21N3O5. The van der Waals surface area contributed by atoms with Crippen LogP contribution in [0.1, 0.15) is 77.9 Å². The van der Waals surface area contributed by atoms with E-state index < -0.39 is 17.4 Å². The molecule has 0 radical (unpaired) electrons. The maximum atomic E-state index is 12.7. The maximum absolute atomic E-state index is 12.7. The van der Waals surface area contributed by atoms with Crippen molar-refractivity contribution >= 4 is 11.9 Å². The predicted octanol–water partition coefficient (Wildman–Crippen LogP) is 2.68. The number of carbonyl (C=O) groups excluding carboxylic acids is 1. The second-order valence-corrected chi connectivity index (χ2v) is 6.21. The van der Waals surface area contributed by atoms with Crippen molar-refractivity contribution < 1.29 is 23.6 Å². The minimum absolute atomic E-state index is 0.0141. The molecule has 1 aliphatic carbocycles. The van der Waals surface area contributed by atoms with E-state index >= 15 is 0 Å². The molecule has 8 nitrogen and oxygen atoms in total. The van der Waals surface area contributed by atoms with E-state index in [9.17, 15) is 14.7 Å². The molecule has 3 rings (SSSR count). The van der Waals surface area contributed by atoms with Crippen LogP contribution in [-0.2, 0) is 18.4 Å². The smallest absolute Gasteiger partial charge is 0.339 e. The normalized spacial score (nSPS) is 16.1. The topological polar surface area (TPSA) is 118 Å². The van der Waals surface area contributed by atoms with Gasteiger partial charge in [-0.15, -0.1) is 0 Å². The number of furan rings is 1. The summed E-state index contributed by atoms with van der Waals surface area (Å²) in [5.41, 5.74) is -0.683. The first-order valence-corrected chi connectivity index (χ1v) is 8.50. The Balaban J connectivity index is 1.88. The van der Waals surface area contributed by atoms with Gasteiger partial charge in [0.05, 0.1) is 0 Å². The van der Waals surface area contributed by atoms with Crippen LogP contribution in [0.4, 0.5) is 0 Å². The van der Waals surface area contributed by atoms with Gasteiger partial charge in [0.1, 0.15) is 16.9 Å². The van der Waals surface area contributed by atoms with Gasteiger partial charge in [-0.3, -0.25) is 4.79 Å². The summed E-state index contributed by atoms with van der Waals surface area (Å²) in [7, 11) is 0. The molecule has 0 atom stereocenters. The number of aromatic nitrogens is 2. The highest BCUT2D eigenvalue weighted by Gasteiger charge is 2.42. The lowest BCUT2D eigenvalue weighted by Gasteiger charge is -2.26. The molecule has 2 heterocycles. The van der Waals surface area contributed by atoms with Gasteiger partial charge in [-0.25, -0.2) is 4.79 Å². The van der Waals surface area contributed by atoms with Gasteiger partial charge >= 0.3 is 5.97 Å². The molecule has 25 heavy (non-hydrogen) atoms. The molecule has 2 aromatic rings. The summed E-state index contributed by atoms with van der Waals surface area (Å²) >= 11 is 0. The van der Waals surface area contributed by atoms with Crippen LogP contribution in [-0.4, -0.2) is 27.1 Å². The van der Waals surface area contributed by atoms with E-state index in [0.29, 0.717) is 37.4 Å². The van der Waals surface area contributed by atoms with Gasteiger partial charge in [0, 0.05) is 18.9 Å². The molecule has 0 saturated heterocycles. The van der Waals surface area contributed by atoms with E-state index in [4.69, 9.17) is 8.94 Å². The Morgan fingerprint density at radius 3 is 2.52 bits per heavy atom. The van der Waals surface area contributed by atoms with Crippen molar-refractivity contribution in [3.63, 3.8) is 0 Å². The van der Waals surface area contributed by atoms with Gasteiger partial charge in [0.15, 0.2) is 11.6 Å². The highest BCUT2D eigenvalue weighted by Crippen LogP contribution is 2.37. The molecule has 0 aromatic carbocycles. The Bertz CT molecular complexity index is 786. The summed E-state index contributed by atoms with van der Waals surface area (Å²) < 4.78 is 10.6. The Morgan fingerprint density at radius 2 is 2.00 bits per heavy atom. The Kier molecular flexibility index (Phi) is 4.61. The van der Waals surface area contributed by atoms with Gasteiger partial charge in [-0.1, -0.05) is 31.8 Å². The van der Waals surface area contributed by atoms with Crippen LogP contribution >= 0.6 is 0 Å². The van der Waals surface area contributed by atoms with Crippen LogP contribution in [0.25, 0.3) is 0 Å². The highest BCUT2D eigenvalue weighted by molar-refractivity contribution is 5.96. The molecule has 1 aliphatic rings. The average molecular weight is 347 g/mol. The third-order valence-corrected chi connectivity index (χ3v) is 4.59. The molecule has 1 fully saturated rings. The van der Waals surface area contributed by atoms with Crippen LogP contribution in [0, 0.1) is 0 Å². The SMILES string of the molecule is CCc1nc(C2(NC(=O)c3cc(C(=O)O)c(CC)o3)CCCC2)no1. The van der Waals surface area contributed by atoms with Gasteiger partial charge in [0.2, 0.25) is 5.89 Å². The van der Waals surface area contributed by atoms with Gasteiger partial charge in [-0.05, 0) is 12.8 Å². The molecular weight excluding hydrogens is 326 g/mol. The molecule has 2 aromatic heterocycles. The number of aromatic carboxylic acids is 1. The van der Waals surface area contributed by atoms with E-state index in [0.717, 1.165) is 12.8 Å². The molecule has 1 amide bonds. The Hall–Kier alpha value is -2.64. The van der Waals surface area contributed by atoms with Crippen LogP contribution in [0.3, 0.4) is 0 Å². The van der Waals surface area contributed by atoms with Crippen molar-refractivity contribution in [1.29, 1.82) is 0 Å². The molecule has 0 unspecified atom stereocenters. The second-order valence-electron chi connectivity index (χ2n) is 6.21. The summed E-state index contributed by atoms with van der Waals surface area (Å²) in [6.45, 7) is 3.69. The van der Waals surface area contributed by atoms with Gasteiger partial charge < -0.3 is 19.4 Å². The molecule has 8 heteroatoms. The Morgan fingerprint density at radius 1 is 1.28 bits per heavy atom. The first-order chi connectivity index (χ1) is 12.0. The molecule has 0 spiro atoms. The number of carboxylic acid groups (broad SMARTS) is 1. The quantitative estimate of drug-likeness (QED) is 0.824. The van der Waals surface area contributed by atoms with E-state index in [1.54, 1.807) is 6.92 Å². The van der Waals surface area contributed by atoms with E-state index in [1.165, 1.54) is 6.07 Å². The highest BCUT2D eigenvalue weighted by atomic mass is 16.5. The number of hydrogen-bond acceptors (Lipinski definition) is 6. The van der Waals surface area contributed by atoms with Crippen LogP contribution in [0.15, 0.2) is 15.0 Å². The largest absolute Gasteiger partial charge is 0.478 e. The first-order valence-electron chi connectivity index (χ1n) is 8.50. The summed E-state index contributed by atoms with van der Waals surface area (Å²) in [6, 6.07) is 1.27. The zero-order valence-corrected chi connectivity index (χ0v) is 14.3. The van der Waals surface area contributed by atoms with E-state index in [1.807, 2.05) is 6.92 Å². The lowest BCUT2D eigenvalue weighted by molar-refractivity contribution is 0.0694. The number of amides is 1. The molecule has 1 saturated carbocycles. The fraction of sp³-hybridized carbons (Fsp3) is 0.529. The molecule has 134 valence electrons. The summed E-state index contributed by atoms with van der Waals surface area (Å²) in [4.78, 5) is 28.3. The lowest BCUT2D eigenvalue weighted by atomic mass is 9.96. The number of aryl methyl sites for hydroxylation is 2.